The number of carbonyl (C=O) groups is 1. The van der Waals surface area contributed by atoms with Crippen molar-refractivity contribution >= 4 is 5.97 Å². The molecule has 9 heteroatoms. The molecule has 1 N–H and O–H groups in total. The zero-order valence-corrected chi connectivity index (χ0v) is 22.5. The second-order valence-corrected chi connectivity index (χ2v) is 11.0. The third kappa shape index (κ3) is 5.24. The monoisotopic (exact) mass is 527 g/mol. The normalized spacial score (nSPS) is 30.9. The van der Waals surface area contributed by atoms with Gasteiger partial charge in [0, 0.05) is 13.1 Å². The summed E-state index contributed by atoms with van der Waals surface area (Å²) in [4.78, 5) is 15.3. The molecular weight excluding hydrogens is 490 g/mol. The van der Waals surface area contributed by atoms with Crippen LogP contribution in [-0.4, -0.2) is 77.5 Å². The van der Waals surface area contributed by atoms with E-state index in [2.05, 4.69) is 0 Å². The van der Waals surface area contributed by atoms with Gasteiger partial charge in [-0.3, -0.25) is 9.69 Å². The Labute approximate surface area is 223 Å². The van der Waals surface area contributed by atoms with Crippen molar-refractivity contribution in [3.8, 4) is 0 Å². The quantitative estimate of drug-likeness (QED) is 0.520. The lowest BCUT2D eigenvalue weighted by molar-refractivity contribution is -0.325. The van der Waals surface area contributed by atoms with Gasteiger partial charge in [0.05, 0.1) is 13.7 Å². The van der Waals surface area contributed by atoms with Crippen LogP contribution in [0.2, 0.25) is 0 Å². The van der Waals surface area contributed by atoms with Gasteiger partial charge in [-0.1, -0.05) is 60.7 Å². The van der Waals surface area contributed by atoms with Gasteiger partial charge in [0.1, 0.15) is 30.5 Å². The van der Waals surface area contributed by atoms with Crippen molar-refractivity contribution in [1.29, 1.82) is 0 Å². The van der Waals surface area contributed by atoms with Gasteiger partial charge in [-0.05, 0) is 38.8 Å². The fraction of sp³-hybridized carbons (Fsp3) is 0.552. The smallest absolute Gasteiger partial charge is 0.326 e. The summed E-state index contributed by atoms with van der Waals surface area (Å²) in [7, 11) is 1.31. The highest BCUT2D eigenvalue weighted by atomic mass is 16.9. The van der Waals surface area contributed by atoms with Gasteiger partial charge in [0.2, 0.25) is 5.79 Å². The first-order valence-corrected chi connectivity index (χ1v) is 13.0. The number of esters is 1. The van der Waals surface area contributed by atoms with E-state index < -0.39 is 53.8 Å². The van der Waals surface area contributed by atoms with Crippen LogP contribution in [0, 0.1) is 0 Å². The Morgan fingerprint density at radius 2 is 1.53 bits per heavy atom. The Hall–Kier alpha value is -2.37. The SMILES string of the molecule is COC(=O)[C@H]([C@@H](O)[C@@]12OC[C@H]3OC(C)(C)O[C@H]3[C@@H]1OC(C)(C)O2)N(Cc1ccccc1)Cc1ccccc1. The molecule has 0 aromatic heterocycles. The van der Waals surface area contributed by atoms with Crippen molar-refractivity contribution in [2.24, 2.45) is 0 Å². The Balaban J connectivity index is 1.54. The summed E-state index contributed by atoms with van der Waals surface area (Å²) in [5.41, 5.74) is 1.95. The van der Waals surface area contributed by atoms with Crippen molar-refractivity contribution in [2.45, 2.75) is 88.6 Å². The van der Waals surface area contributed by atoms with Gasteiger partial charge in [-0.25, -0.2) is 0 Å². The fourth-order valence-corrected chi connectivity index (χ4v) is 5.74. The van der Waals surface area contributed by atoms with Crippen LogP contribution in [-0.2, 0) is 46.3 Å². The van der Waals surface area contributed by atoms with E-state index in [0.29, 0.717) is 13.1 Å². The van der Waals surface area contributed by atoms with Crippen LogP contribution in [0.25, 0.3) is 0 Å². The number of hydrogen-bond acceptors (Lipinski definition) is 9. The Bertz CT molecular complexity index is 1070. The Morgan fingerprint density at radius 1 is 0.947 bits per heavy atom. The molecule has 0 aliphatic carbocycles. The van der Waals surface area contributed by atoms with Crippen molar-refractivity contribution in [3.05, 3.63) is 71.8 Å². The van der Waals surface area contributed by atoms with Gasteiger partial charge in [0.25, 0.3) is 0 Å². The van der Waals surface area contributed by atoms with Gasteiger partial charge in [0.15, 0.2) is 11.6 Å². The molecule has 0 bridgehead atoms. The van der Waals surface area contributed by atoms with E-state index in [-0.39, 0.29) is 6.61 Å². The number of aliphatic hydroxyl groups excluding tert-OH is 1. The first kappa shape index (κ1) is 27.2. The summed E-state index contributed by atoms with van der Waals surface area (Å²) in [5.74, 6) is -4.27. The summed E-state index contributed by atoms with van der Waals surface area (Å²) < 4.78 is 36.4. The van der Waals surface area contributed by atoms with E-state index in [1.807, 2.05) is 79.4 Å². The highest BCUT2D eigenvalue weighted by Gasteiger charge is 2.70. The molecule has 0 saturated carbocycles. The van der Waals surface area contributed by atoms with Gasteiger partial charge in [-0.15, -0.1) is 0 Å². The zero-order chi connectivity index (χ0) is 27.1. The molecule has 9 nitrogen and oxygen atoms in total. The lowest BCUT2D eigenvalue weighted by atomic mass is 9.88. The van der Waals surface area contributed by atoms with Crippen LogP contribution >= 0.6 is 0 Å². The summed E-state index contributed by atoms with van der Waals surface area (Å²) in [5, 5.41) is 12.1. The van der Waals surface area contributed by atoms with Crippen LogP contribution in [0.15, 0.2) is 60.7 Å². The fourth-order valence-electron chi connectivity index (χ4n) is 5.74. The molecule has 6 atom stereocenters. The topological polar surface area (TPSA) is 95.9 Å². The minimum Gasteiger partial charge on any atom is -0.468 e. The molecule has 2 aromatic rings. The standard InChI is InChI=1S/C29H37NO8/c1-27(2)35-21-18-34-29(25(23(21)36-27)37-28(3,4)38-29)24(31)22(26(32)33-5)30(16-19-12-8-6-9-13-19)17-20-14-10-7-11-15-20/h6-15,21-25,31H,16-18H2,1-5H3/t21-,22+,23-,24-,25+,29+/m1/s1. The molecular formula is C29H37NO8. The highest BCUT2D eigenvalue weighted by molar-refractivity contribution is 5.76. The maximum absolute atomic E-state index is 13.5. The maximum Gasteiger partial charge on any atom is 0.326 e. The molecule has 0 amide bonds. The number of hydrogen-bond donors (Lipinski definition) is 1. The van der Waals surface area contributed by atoms with E-state index >= 15 is 0 Å². The number of aliphatic hydroxyl groups is 1. The van der Waals surface area contributed by atoms with Crippen LogP contribution in [0.3, 0.4) is 0 Å². The molecule has 2 aromatic carbocycles. The second kappa shape index (κ2) is 10.3. The first-order valence-electron chi connectivity index (χ1n) is 13.0. The average molecular weight is 528 g/mol. The van der Waals surface area contributed by atoms with E-state index in [9.17, 15) is 9.90 Å². The van der Waals surface area contributed by atoms with Crippen LogP contribution in [0.1, 0.15) is 38.8 Å². The molecule has 0 spiro atoms. The maximum atomic E-state index is 13.5. The number of ether oxygens (including phenoxy) is 6. The predicted molar refractivity (Wildman–Crippen MR) is 136 cm³/mol. The minimum atomic E-state index is -1.70. The number of carbonyl (C=O) groups excluding carboxylic acids is 1. The summed E-state index contributed by atoms with van der Waals surface area (Å²) in [6.07, 6.45) is -3.31. The van der Waals surface area contributed by atoms with E-state index in [0.717, 1.165) is 11.1 Å². The molecule has 206 valence electrons. The summed E-state index contributed by atoms with van der Waals surface area (Å²) >= 11 is 0. The predicted octanol–water partition coefficient (Wildman–Crippen LogP) is 2.99. The third-order valence-electron chi connectivity index (χ3n) is 7.21. The minimum absolute atomic E-state index is 0.104. The van der Waals surface area contributed by atoms with Gasteiger partial charge in [-0.2, -0.15) is 0 Å². The first-order chi connectivity index (χ1) is 18.0. The van der Waals surface area contributed by atoms with Crippen molar-refractivity contribution in [1.82, 2.24) is 4.90 Å². The molecule has 5 rings (SSSR count). The largest absolute Gasteiger partial charge is 0.468 e. The molecule has 3 fully saturated rings. The Morgan fingerprint density at radius 3 is 2.08 bits per heavy atom. The van der Waals surface area contributed by atoms with Gasteiger partial charge >= 0.3 is 5.97 Å². The Kier molecular flexibility index (Phi) is 7.38. The lowest BCUT2D eigenvalue weighted by Crippen LogP contribution is -2.69. The number of fused-ring (bicyclic) bond motifs is 3. The van der Waals surface area contributed by atoms with Crippen LogP contribution < -0.4 is 0 Å². The molecule has 3 aliphatic rings. The van der Waals surface area contributed by atoms with Crippen LogP contribution in [0.4, 0.5) is 0 Å². The van der Waals surface area contributed by atoms with E-state index in [1.165, 1.54) is 7.11 Å². The zero-order valence-electron chi connectivity index (χ0n) is 22.5. The molecule has 3 aliphatic heterocycles. The number of rotatable bonds is 8. The number of methoxy groups -OCH3 is 1. The van der Waals surface area contributed by atoms with E-state index in [4.69, 9.17) is 28.4 Å². The van der Waals surface area contributed by atoms with Crippen LogP contribution in [0.5, 0.6) is 0 Å². The molecule has 0 unspecified atom stereocenters. The highest BCUT2D eigenvalue weighted by Crippen LogP contribution is 2.50. The summed E-state index contributed by atoms with van der Waals surface area (Å²) in [6.45, 7) is 7.99. The van der Waals surface area contributed by atoms with Crippen molar-refractivity contribution < 1.29 is 38.3 Å². The van der Waals surface area contributed by atoms with Crippen molar-refractivity contribution in [3.63, 3.8) is 0 Å². The third-order valence-corrected chi connectivity index (χ3v) is 7.21. The number of benzene rings is 2. The molecule has 38 heavy (non-hydrogen) atoms. The number of nitrogens with zero attached hydrogens (tertiary/aromatic N) is 1. The molecule has 3 saturated heterocycles. The molecule has 3 heterocycles. The van der Waals surface area contributed by atoms with Crippen molar-refractivity contribution in [2.75, 3.05) is 13.7 Å². The lowest BCUT2D eigenvalue weighted by Gasteiger charge is -2.46. The molecule has 0 radical (unpaired) electrons. The average Bonchev–Trinajstić information content (AvgIpc) is 3.36. The summed E-state index contributed by atoms with van der Waals surface area (Å²) in [6, 6.07) is 18.4. The second-order valence-electron chi connectivity index (χ2n) is 11.0. The van der Waals surface area contributed by atoms with E-state index in [1.54, 1.807) is 13.8 Å². The van der Waals surface area contributed by atoms with Gasteiger partial charge < -0.3 is 33.5 Å².